The smallest absolute Gasteiger partial charge is 0.319 e. The number of imidazole rings is 1. The Morgan fingerprint density at radius 1 is 1.34 bits per heavy atom. The Labute approximate surface area is 173 Å². The maximum absolute atomic E-state index is 13.6. The highest BCUT2D eigenvalue weighted by Crippen LogP contribution is 2.38. The van der Waals surface area contributed by atoms with Gasteiger partial charge in [-0.2, -0.15) is 13.2 Å². The van der Waals surface area contributed by atoms with Crippen LogP contribution < -0.4 is 0 Å². The standard InChI is InChI=1S/C17H9BrClF4N3O3/c1-7-24-15-12(25(7)6-17(21,22)23)5-11(26(28)29)13(14(15)18)16(27)9-4-8(20)2-3-10(9)19/h2-5H,6H2,1H3. The summed E-state index contributed by atoms with van der Waals surface area (Å²) in [4.78, 5) is 27.6. The molecule has 0 aliphatic carbocycles. The van der Waals surface area contributed by atoms with Gasteiger partial charge in [0, 0.05) is 11.6 Å². The zero-order valence-corrected chi connectivity index (χ0v) is 16.7. The number of alkyl halides is 3. The average Bonchev–Trinajstić information content (AvgIpc) is 2.91. The number of nitro groups is 1. The Hall–Kier alpha value is -2.53. The first-order chi connectivity index (χ1) is 13.4. The zero-order chi connectivity index (χ0) is 21.7. The number of carbonyl (C=O) groups is 1. The Morgan fingerprint density at radius 3 is 2.59 bits per heavy atom. The van der Waals surface area contributed by atoms with Crippen LogP contribution in [0.2, 0.25) is 5.02 Å². The lowest BCUT2D eigenvalue weighted by molar-refractivity contribution is -0.385. The number of nitrogens with zero attached hydrogens (tertiary/aromatic N) is 3. The summed E-state index contributed by atoms with van der Waals surface area (Å²) in [5.74, 6) is -1.82. The Balaban J connectivity index is 2.32. The van der Waals surface area contributed by atoms with Crippen LogP contribution in [0.5, 0.6) is 0 Å². The number of hydrogen-bond donors (Lipinski definition) is 0. The summed E-state index contributed by atoms with van der Waals surface area (Å²) in [5.41, 5.74) is -1.85. The van der Waals surface area contributed by atoms with Gasteiger partial charge in [-0.1, -0.05) is 11.6 Å². The van der Waals surface area contributed by atoms with Crippen molar-refractivity contribution in [3.63, 3.8) is 0 Å². The number of fused-ring (bicyclic) bond motifs is 1. The van der Waals surface area contributed by atoms with Gasteiger partial charge in [0.1, 0.15) is 29.3 Å². The van der Waals surface area contributed by atoms with Crippen molar-refractivity contribution in [2.75, 3.05) is 0 Å². The largest absolute Gasteiger partial charge is 0.406 e. The number of hydrogen-bond acceptors (Lipinski definition) is 4. The van der Waals surface area contributed by atoms with Crippen LogP contribution in [0, 0.1) is 22.9 Å². The number of carbonyl (C=O) groups excluding carboxylic acids is 1. The van der Waals surface area contributed by atoms with E-state index in [1.54, 1.807) is 0 Å². The molecular formula is C17H9BrClF4N3O3. The van der Waals surface area contributed by atoms with Crippen molar-refractivity contribution in [2.45, 2.75) is 19.6 Å². The molecule has 0 aliphatic heterocycles. The fraction of sp³-hybridized carbons (Fsp3) is 0.176. The first-order valence-corrected chi connectivity index (χ1v) is 8.98. The van der Waals surface area contributed by atoms with Crippen LogP contribution in [0.1, 0.15) is 21.7 Å². The first kappa shape index (κ1) is 21.2. The zero-order valence-electron chi connectivity index (χ0n) is 14.4. The molecule has 1 heterocycles. The van der Waals surface area contributed by atoms with Gasteiger partial charge in [-0.05, 0) is 41.1 Å². The fourth-order valence-corrected chi connectivity index (χ4v) is 3.75. The SMILES string of the molecule is Cc1nc2c(Br)c(C(=O)c3cc(F)ccc3Cl)c([N+](=O)[O-])cc2n1CC(F)(F)F. The van der Waals surface area contributed by atoms with Crippen molar-refractivity contribution in [3.05, 3.63) is 66.6 Å². The monoisotopic (exact) mass is 493 g/mol. The highest BCUT2D eigenvalue weighted by molar-refractivity contribution is 9.10. The van der Waals surface area contributed by atoms with Gasteiger partial charge in [-0.25, -0.2) is 9.37 Å². The molecule has 0 spiro atoms. The van der Waals surface area contributed by atoms with Crippen LogP contribution in [0.25, 0.3) is 11.0 Å². The van der Waals surface area contributed by atoms with Crippen molar-refractivity contribution < 1.29 is 27.3 Å². The number of rotatable bonds is 4. The summed E-state index contributed by atoms with van der Waals surface area (Å²) < 4.78 is 52.8. The third-order valence-electron chi connectivity index (χ3n) is 4.09. The molecule has 2 aromatic carbocycles. The highest BCUT2D eigenvalue weighted by Gasteiger charge is 2.33. The summed E-state index contributed by atoms with van der Waals surface area (Å²) in [5, 5.41) is 11.4. The van der Waals surface area contributed by atoms with Crippen molar-refractivity contribution in [2.24, 2.45) is 0 Å². The van der Waals surface area contributed by atoms with Gasteiger partial charge in [0.05, 0.1) is 19.9 Å². The highest BCUT2D eigenvalue weighted by atomic mass is 79.9. The molecule has 3 rings (SSSR count). The lowest BCUT2D eigenvalue weighted by atomic mass is 10.0. The molecule has 6 nitrogen and oxygen atoms in total. The van der Waals surface area contributed by atoms with Crippen molar-refractivity contribution in [1.82, 2.24) is 9.55 Å². The second kappa shape index (κ2) is 7.38. The van der Waals surface area contributed by atoms with Gasteiger partial charge in [-0.15, -0.1) is 0 Å². The van der Waals surface area contributed by atoms with E-state index in [0.29, 0.717) is 0 Å². The van der Waals surface area contributed by atoms with E-state index >= 15 is 0 Å². The summed E-state index contributed by atoms with van der Waals surface area (Å²) >= 11 is 8.98. The predicted molar refractivity (Wildman–Crippen MR) is 99.7 cm³/mol. The molecule has 0 radical (unpaired) electrons. The molecule has 29 heavy (non-hydrogen) atoms. The Kier molecular flexibility index (Phi) is 5.39. The van der Waals surface area contributed by atoms with Crippen molar-refractivity contribution in [1.29, 1.82) is 0 Å². The van der Waals surface area contributed by atoms with Crippen molar-refractivity contribution in [3.8, 4) is 0 Å². The topological polar surface area (TPSA) is 78.0 Å². The predicted octanol–water partition coefficient (Wildman–Crippen LogP) is 5.60. The maximum Gasteiger partial charge on any atom is 0.406 e. The maximum atomic E-state index is 13.6. The third-order valence-corrected chi connectivity index (χ3v) is 5.19. The van der Waals surface area contributed by atoms with Crippen LogP contribution in [-0.2, 0) is 6.54 Å². The molecule has 12 heteroatoms. The number of ketones is 1. The Bertz CT molecular complexity index is 1180. The summed E-state index contributed by atoms with van der Waals surface area (Å²) in [6.07, 6.45) is -4.59. The molecule has 0 bridgehead atoms. The van der Waals surface area contributed by atoms with Crippen LogP contribution >= 0.6 is 27.5 Å². The third kappa shape index (κ3) is 3.97. The lowest BCUT2D eigenvalue weighted by Gasteiger charge is -2.11. The molecule has 152 valence electrons. The second-order valence-corrected chi connectivity index (χ2v) is 7.22. The van der Waals surface area contributed by atoms with Gasteiger partial charge in [0.15, 0.2) is 0 Å². The number of aromatic nitrogens is 2. The summed E-state index contributed by atoms with van der Waals surface area (Å²) in [6, 6.07) is 3.78. The Morgan fingerprint density at radius 2 is 2.00 bits per heavy atom. The number of benzene rings is 2. The lowest BCUT2D eigenvalue weighted by Crippen LogP contribution is -2.18. The minimum Gasteiger partial charge on any atom is -0.319 e. The van der Waals surface area contributed by atoms with Crippen molar-refractivity contribution >= 4 is 50.0 Å². The van der Waals surface area contributed by atoms with Crippen LogP contribution in [0.3, 0.4) is 0 Å². The minimum atomic E-state index is -4.59. The molecule has 3 aromatic rings. The van der Waals surface area contributed by atoms with E-state index in [1.807, 2.05) is 0 Å². The summed E-state index contributed by atoms with van der Waals surface area (Å²) in [6.45, 7) is -0.114. The molecule has 0 atom stereocenters. The van der Waals surface area contributed by atoms with E-state index in [9.17, 15) is 32.5 Å². The molecule has 0 aliphatic rings. The first-order valence-electron chi connectivity index (χ1n) is 7.81. The van der Waals surface area contributed by atoms with Gasteiger partial charge >= 0.3 is 6.18 Å². The average molecular weight is 495 g/mol. The number of nitro benzene ring substituents is 1. The van der Waals surface area contributed by atoms with Crippen LogP contribution in [0.4, 0.5) is 23.2 Å². The molecule has 0 N–H and O–H groups in total. The molecule has 1 aromatic heterocycles. The van der Waals surface area contributed by atoms with Gasteiger partial charge in [0.25, 0.3) is 5.69 Å². The second-order valence-electron chi connectivity index (χ2n) is 6.02. The molecule has 0 saturated carbocycles. The molecule has 0 unspecified atom stereocenters. The van der Waals surface area contributed by atoms with Gasteiger partial charge in [0.2, 0.25) is 5.78 Å². The number of halogens is 6. The van der Waals surface area contributed by atoms with E-state index in [-0.39, 0.29) is 31.9 Å². The van der Waals surface area contributed by atoms with E-state index in [2.05, 4.69) is 20.9 Å². The molecule has 0 amide bonds. The summed E-state index contributed by atoms with van der Waals surface area (Å²) in [7, 11) is 0. The van der Waals surface area contributed by atoms with Crippen LogP contribution in [-0.4, -0.2) is 26.4 Å². The molecule has 0 fully saturated rings. The minimum absolute atomic E-state index is 0.0549. The van der Waals surface area contributed by atoms with E-state index in [4.69, 9.17) is 11.6 Å². The molecule has 0 saturated heterocycles. The van der Waals surface area contributed by atoms with E-state index in [0.717, 1.165) is 28.8 Å². The quantitative estimate of drug-likeness (QED) is 0.205. The van der Waals surface area contributed by atoms with Crippen LogP contribution in [0.15, 0.2) is 28.7 Å². The fourth-order valence-electron chi connectivity index (χ4n) is 2.87. The molecular weight excluding hydrogens is 486 g/mol. The van der Waals surface area contributed by atoms with Gasteiger partial charge < -0.3 is 4.57 Å². The van der Waals surface area contributed by atoms with Gasteiger partial charge in [-0.3, -0.25) is 14.9 Å². The normalized spacial score (nSPS) is 11.8. The number of aryl methyl sites for hydroxylation is 1. The van der Waals surface area contributed by atoms with E-state index < -0.39 is 40.5 Å². The van der Waals surface area contributed by atoms with E-state index in [1.165, 1.54) is 6.92 Å².